The predicted octanol–water partition coefficient (Wildman–Crippen LogP) is 3.98. The lowest BCUT2D eigenvalue weighted by atomic mass is 9.76. The van der Waals surface area contributed by atoms with E-state index < -0.39 is 0 Å². The van der Waals surface area contributed by atoms with Crippen LogP contribution in [0.25, 0.3) is 0 Å². The number of anilines is 1. The summed E-state index contributed by atoms with van der Waals surface area (Å²) >= 11 is 0. The molecule has 2 N–H and O–H groups in total. The average molecular weight is 286 g/mol. The fourth-order valence-corrected chi connectivity index (χ4v) is 4.43. The summed E-state index contributed by atoms with van der Waals surface area (Å²) in [6, 6.07) is 9.94. The molecule has 116 valence electrons. The van der Waals surface area contributed by atoms with Gasteiger partial charge in [-0.3, -0.25) is 0 Å². The van der Waals surface area contributed by atoms with Crippen molar-refractivity contribution >= 4 is 5.69 Å². The van der Waals surface area contributed by atoms with Crippen LogP contribution in [0.15, 0.2) is 24.3 Å². The molecule has 2 heteroatoms. The second-order valence-corrected chi connectivity index (χ2v) is 7.23. The van der Waals surface area contributed by atoms with E-state index in [4.69, 9.17) is 5.73 Å². The summed E-state index contributed by atoms with van der Waals surface area (Å²) in [7, 11) is 0. The van der Waals surface area contributed by atoms with Crippen LogP contribution >= 0.6 is 0 Å². The molecule has 1 aromatic rings. The van der Waals surface area contributed by atoms with Crippen LogP contribution in [0.3, 0.4) is 0 Å². The van der Waals surface area contributed by atoms with Gasteiger partial charge >= 0.3 is 0 Å². The molecule has 1 aliphatic heterocycles. The highest BCUT2D eigenvalue weighted by atomic mass is 15.2. The zero-order valence-electron chi connectivity index (χ0n) is 13.6. The maximum absolute atomic E-state index is 6.45. The van der Waals surface area contributed by atoms with E-state index in [9.17, 15) is 0 Å². The summed E-state index contributed by atoms with van der Waals surface area (Å²) in [4.78, 5) is 2.62. The van der Waals surface area contributed by atoms with E-state index in [1.54, 1.807) is 0 Å². The molecule has 1 aliphatic carbocycles. The van der Waals surface area contributed by atoms with Gasteiger partial charge in [0.25, 0.3) is 0 Å². The molecule has 1 aromatic carbocycles. The van der Waals surface area contributed by atoms with E-state index in [1.165, 1.54) is 49.8 Å². The minimum atomic E-state index is 0.401. The number of nitrogens with zero attached hydrogens (tertiary/aromatic N) is 1. The number of fused-ring (bicyclic) bond motifs is 1. The Hall–Kier alpha value is -1.02. The second kappa shape index (κ2) is 6.39. The fourth-order valence-electron chi connectivity index (χ4n) is 4.43. The number of hydrogen-bond acceptors (Lipinski definition) is 2. The van der Waals surface area contributed by atoms with E-state index in [-0.39, 0.29) is 0 Å². The van der Waals surface area contributed by atoms with Crippen molar-refractivity contribution in [1.82, 2.24) is 0 Å². The molecule has 4 atom stereocenters. The van der Waals surface area contributed by atoms with Gasteiger partial charge in [-0.05, 0) is 56.1 Å². The Bertz CT molecular complexity index is 470. The molecule has 4 unspecified atom stereocenters. The Morgan fingerprint density at radius 2 is 2.05 bits per heavy atom. The molecule has 0 aromatic heterocycles. The summed E-state index contributed by atoms with van der Waals surface area (Å²) in [6.07, 6.45) is 7.79. The zero-order chi connectivity index (χ0) is 14.8. The number of hydrogen-bond donors (Lipinski definition) is 1. The molecular formula is C19H30N2. The van der Waals surface area contributed by atoms with Crippen molar-refractivity contribution in [2.24, 2.45) is 17.6 Å². The van der Waals surface area contributed by atoms with Gasteiger partial charge in [-0.15, -0.1) is 0 Å². The van der Waals surface area contributed by atoms with Gasteiger partial charge < -0.3 is 10.6 Å². The van der Waals surface area contributed by atoms with E-state index in [2.05, 4.69) is 43.0 Å². The average Bonchev–Trinajstić information content (AvgIpc) is 2.79. The number of nitrogens with two attached hydrogens (primary N) is 1. The van der Waals surface area contributed by atoms with Crippen LogP contribution in [0, 0.1) is 11.8 Å². The van der Waals surface area contributed by atoms with Gasteiger partial charge in [-0.2, -0.15) is 0 Å². The fraction of sp³-hybridized carbons (Fsp3) is 0.684. The Kier molecular flexibility index (Phi) is 4.54. The third-order valence-corrected chi connectivity index (χ3v) is 5.63. The molecule has 1 heterocycles. The SMILES string of the molecule is CCCC1CCC(N)C(CN2c3ccccc3CC2C)C1. The normalized spacial score (nSPS) is 32.2. The van der Waals surface area contributed by atoms with Crippen LogP contribution in [-0.2, 0) is 6.42 Å². The Balaban J connectivity index is 1.70. The first-order valence-corrected chi connectivity index (χ1v) is 8.79. The van der Waals surface area contributed by atoms with Gasteiger partial charge in [0.05, 0.1) is 0 Å². The lowest BCUT2D eigenvalue weighted by molar-refractivity contribution is 0.223. The van der Waals surface area contributed by atoms with Crippen LogP contribution in [-0.4, -0.2) is 18.6 Å². The van der Waals surface area contributed by atoms with E-state index >= 15 is 0 Å². The molecule has 0 spiro atoms. The first-order chi connectivity index (χ1) is 10.2. The smallest absolute Gasteiger partial charge is 0.0402 e. The number of benzene rings is 1. The molecule has 3 rings (SSSR count). The minimum absolute atomic E-state index is 0.401. The molecule has 0 amide bonds. The monoisotopic (exact) mass is 286 g/mol. The van der Waals surface area contributed by atoms with E-state index in [0.29, 0.717) is 18.0 Å². The van der Waals surface area contributed by atoms with Crippen molar-refractivity contribution in [3.63, 3.8) is 0 Å². The first-order valence-electron chi connectivity index (χ1n) is 8.79. The van der Waals surface area contributed by atoms with Crippen molar-refractivity contribution in [3.8, 4) is 0 Å². The van der Waals surface area contributed by atoms with Crippen molar-refractivity contribution < 1.29 is 0 Å². The van der Waals surface area contributed by atoms with Gasteiger partial charge in [0.15, 0.2) is 0 Å². The zero-order valence-corrected chi connectivity index (χ0v) is 13.6. The summed E-state index contributed by atoms with van der Waals surface area (Å²) < 4.78 is 0. The Morgan fingerprint density at radius 1 is 1.24 bits per heavy atom. The van der Waals surface area contributed by atoms with Crippen LogP contribution in [0.1, 0.15) is 51.5 Å². The highest BCUT2D eigenvalue weighted by Gasteiger charge is 2.33. The van der Waals surface area contributed by atoms with Gasteiger partial charge in [-0.1, -0.05) is 38.0 Å². The summed E-state index contributed by atoms with van der Waals surface area (Å²) in [5, 5.41) is 0. The van der Waals surface area contributed by atoms with Gasteiger partial charge in [0.2, 0.25) is 0 Å². The van der Waals surface area contributed by atoms with Crippen molar-refractivity contribution in [2.45, 2.75) is 64.5 Å². The van der Waals surface area contributed by atoms with Crippen LogP contribution in [0.4, 0.5) is 5.69 Å². The summed E-state index contributed by atoms with van der Waals surface area (Å²) in [5.74, 6) is 1.58. The lowest BCUT2D eigenvalue weighted by Crippen LogP contribution is -2.44. The van der Waals surface area contributed by atoms with E-state index in [1.807, 2.05) is 0 Å². The third-order valence-electron chi connectivity index (χ3n) is 5.63. The topological polar surface area (TPSA) is 29.3 Å². The first kappa shape index (κ1) is 14.9. The van der Waals surface area contributed by atoms with Crippen LogP contribution in [0.2, 0.25) is 0 Å². The Labute approximate surface area is 129 Å². The number of rotatable bonds is 4. The summed E-state index contributed by atoms with van der Waals surface area (Å²) in [6.45, 7) is 5.82. The number of para-hydroxylation sites is 1. The molecule has 0 saturated heterocycles. The van der Waals surface area contributed by atoms with Crippen LogP contribution in [0.5, 0.6) is 0 Å². The molecule has 1 fully saturated rings. The highest BCUT2D eigenvalue weighted by molar-refractivity contribution is 5.59. The molecule has 0 radical (unpaired) electrons. The highest BCUT2D eigenvalue weighted by Crippen LogP contribution is 2.36. The molecule has 2 aliphatic rings. The summed E-state index contributed by atoms with van der Waals surface area (Å²) in [5.41, 5.74) is 9.42. The molecule has 21 heavy (non-hydrogen) atoms. The quantitative estimate of drug-likeness (QED) is 0.907. The van der Waals surface area contributed by atoms with Crippen molar-refractivity contribution in [3.05, 3.63) is 29.8 Å². The minimum Gasteiger partial charge on any atom is -0.368 e. The second-order valence-electron chi connectivity index (χ2n) is 7.23. The maximum atomic E-state index is 6.45. The van der Waals surface area contributed by atoms with Crippen molar-refractivity contribution in [2.75, 3.05) is 11.4 Å². The molecule has 1 saturated carbocycles. The van der Waals surface area contributed by atoms with Gasteiger partial charge in [0, 0.05) is 24.3 Å². The van der Waals surface area contributed by atoms with Crippen molar-refractivity contribution in [1.29, 1.82) is 0 Å². The standard InChI is InChI=1S/C19H30N2/c1-3-6-15-9-10-18(20)17(12-15)13-21-14(2)11-16-7-4-5-8-19(16)21/h4-5,7-8,14-15,17-18H,3,6,9-13,20H2,1-2H3. The molecular weight excluding hydrogens is 256 g/mol. The molecule has 2 nitrogen and oxygen atoms in total. The predicted molar refractivity (Wildman–Crippen MR) is 90.7 cm³/mol. The van der Waals surface area contributed by atoms with Crippen LogP contribution < -0.4 is 10.6 Å². The largest absolute Gasteiger partial charge is 0.368 e. The maximum Gasteiger partial charge on any atom is 0.0402 e. The van der Waals surface area contributed by atoms with Gasteiger partial charge in [0.1, 0.15) is 0 Å². The Morgan fingerprint density at radius 3 is 2.86 bits per heavy atom. The third kappa shape index (κ3) is 3.11. The lowest BCUT2D eigenvalue weighted by Gasteiger charge is -2.38. The molecule has 0 bridgehead atoms. The van der Waals surface area contributed by atoms with E-state index in [0.717, 1.165) is 12.5 Å². The van der Waals surface area contributed by atoms with Gasteiger partial charge in [-0.25, -0.2) is 0 Å².